The molecule has 1 unspecified atom stereocenters. The highest BCUT2D eigenvalue weighted by Crippen LogP contribution is 2.41. The number of carbonyl (C=O) groups excluding carboxylic acids is 3. The minimum absolute atomic E-state index is 0.0256. The van der Waals surface area contributed by atoms with Gasteiger partial charge in [0.1, 0.15) is 5.75 Å². The number of nitrogens with two attached hydrogens (primary N) is 1. The number of hydrogen-bond acceptors (Lipinski definition) is 12. The zero-order valence-corrected chi connectivity index (χ0v) is 54.7. The number of amides is 3. The van der Waals surface area contributed by atoms with Gasteiger partial charge in [0, 0.05) is 81.3 Å². The van der Waals surface area contributed by atoms with Crippen LogP contribution in [0.15, 0.2) is 131 Å². The predicted molar refractivity (Wildman–Crippen MR) is 336 cm³/mol. The highest BCUT2D eigenvalue weighted by Gasteiger charge is 2.40. The zero-order valence-electron chi connectivity index (χ0n) is 52.2. The van der Waals surface area contributed by atoms with E-state index in [2.05, 4.69) is 40.1 Å². The third-order valence-corrected chi connectivity index (χ3v) is 16.8. The van der Waals surface area contributed by atoms with Crippen LogP contribution in [0.2, 0.25) is 0 Å². The van der Waals surface area contributed by atoms with Gasteiger partial charge < -0.3 is 23.4 Å². The van der Waals surface area contributed by atoms with E-state index in [9.17, 15) is 70.7 Å². The second-order valence-electron chi connectivity index (χ2n) is 21.5. The number of hydrogen-bond donors (Lipinski definition) is 2. The number of aliphatic imine (C=N–C) groups is 2. The third kappa shape index (κ3) is 23.3. The van der Waals surface area contributed by atoms with Gasteiger partial charge in [-0.1, -0.05) is 111 Å². The maximum Gasteiger partial charge on any atom is 0.416 e. The second-order valence-corrected chi connectivity index (χ2v) is 25.4. The van der Waals surface area contributed by atoms with E-state index in [4.69, 9.17) is 18.1 Å². The first-order valence-electron chi connectivity index (χ1n) is 29.3. The summed E-state index contributed by atoms with van der Waals surface area (Å²) in [5.74, 6) is -1.93. The molecule has 4 aliphatic heterocycles. The number of aromatic amines is 1. The number of allylic oxidation sites excluding steroid dienone is 6. The number of amidine groups is 1. The Kier molecular flexibility index (Phi) is 29.2. The van der Waals surface area contributed by atoms with E-state index in [-0.39, 0.29) is 76.5 Å². The average molecular weight is 1380 g/mol. The van der Waals surface area contributed by atoms with Crippen molar-refractivity contribution in [2.24, 2.45) is 21.0 Å². The standard InChI is InChI=1S/C20H23F3N4O3S.C20H21F3N2O4S.C19H24F3N3O.C2H6.CH4O2S/c1-31(29,30)27-11-8-17-15(12-27)18(25-24-17)19(28)26-9-6-13(7-10-26)14-4-2-3-5-16(14)20(21,22)23;21-20(22,23)17-7-3-2-6-16(17)14-9-11-25(12-10-14)19(26)13-15-5-1-4-8-18(15)29-30(24,27)28;1-6-8-15(16(7-2)19(20,21)22)14-9-11-25(12-10-14)18(26)17(23-5)24-13(3)4;1-2;1-4(2)3/h2-5,13H,6-12H2,1H3,(H,24,25);1-8,14H,9-13H2,(H2,24,27,28);6-8,14H,2-3,5,9-12H2,1,4H3;1-2H3;1H3,(H,2,3)/p-1/b;;8-6-,16-15-,24-17?;;. The van der Waals surface area contributed by atoms with Crippen LogP contribution in [-0.2, 0) is 72.7 Å². The van der Waals surface area contributed by atoms with Gasteiger partial charge in [0.25, 0.3) is 11.8 Å². The Morgan fingerprint density at radius 3 is 1.70 bits per heavy atom. The number of halogens is 9. The zero-order chi connectivity index (χ0) is 69.8. The van der Waals surface area contributed by atoms with Crippen molar-refractivity contribution < 1.29 is 83.7 Å². The van der Waals surface area contributed by atoms with Gasteiger partial charge in [-0.15, -0.1) is 0 Å². The molecule has 1 aromatic heterocycles. The molecule has 0 aliphatic carbocycles. The van der Waals surface area contributed by atoms with Crippen molar-refractivity contribution in [3.63, 3.8) is 0 Å². The van der Waals surface area contributed by atoms with E-state index in [1.54, 1.807) is 60.1 Å². The molecule has 31 heteroatoms. The number of sulfonamides is 1. The Balaban J connectivity index is 0.000000286. The molecule has 0 bridgehead atoms. The fourth-order valence-corrected chi connectivity index (χ4v) is 12.2. The van der Waals surface area contributed by atoms with Crippen LogP contribution in [0, 0.1) is 5.92 Å². The molecule has 3 saturated heterocycles. The van der Waals surface area contributed by atoms with Crippen LogP contribution in [0.3, 0.4) is 0 Å². The molecule has 3 amide bonds. The van der Waals surface area contributed by atoms with E-state index < -0.39 is 72.5 Å². The van der Waals surface area contributed by atoms with Crippen LogP contribution in [0.25, 0.3) is 0 Å². The number of piperidine rings is 3. The van der Waals surface area contributed by atoms with Crippen LogP contribution >= 0.6 is 0 Å². The monoisotopic (exact) mass is 1370 g/mol. The van der Waals surface area contributed by atoms with Gasteiger partial charge in [-0.2, -0.15) is 62.5 Å². The number of para-hydroxylation sites is 1. The lowest BCUT2D eigenvalue weighted by molar-refractivity contribution is -0.139. The van der Waals surface area contributed by atoms with Crippen LogP contribution < -0.4 is 9.32 Å². The molecule has 0 radical (unpaired) electrons. The van der Waals surface area contributed by atoms with Crippen molar-refractivity contribution in [1.82, 2.24) is 29.2 Å². The normalized spacial score (nSPS) is 17.1. The quantitative estimate of drug-likeness (QED) is 0.0443. The van der Waals surface area contributed by atoms with Crippen molar-refractivity contribution in [2.75, 3.05) is 58.3 Å². The fraction of sp³-hybridized carbons (Fsp3) is 0.452. The first kappa shape index (κ1) is 78.1. The molecule has 512 valence electrons. The van der Waals surface area contributed by atoms with Crippen LogP contribution in [-0.4, -0.2) is 150 Å². The number of nitrogens with one attached hydrogen (secondary N) is 1. The fourth-order valence-electron chi connectivity index (χ4n) is 11.0. The number of benzene rings is 3. The third-order valence-electron chi connectivity index (χ3n) is 15.2. The maximum absolute atomic E-state index is 13.3. The Labute approximate surface area is 539 Å². The molecule has 8 rings (SSSR count). The number of rotatable bonds is 12. The summed E-state index contributed by atoms with van der Waals surface area (Å²) in [4.78, 5) is 50.4. The molecule has 5 heterocycles. The summed E-state index contributed by atoms with van der Waals surface area (Å²) >= 11 is -1.86. The van der Waals surface area contributed by atoms with E-state index in [0.29, 0.717) is 108 Å². The van der Waals surface area contributed by atoms with E-state index in [1.807, 2.05) is 13.8 Å². The van der Waals surface area contributed by atoms with Crippen LogP contribution in [0.1, 0.15) is 128 Å². The van der Waals surface area contributed by atoms with Gasteiger partial charge in [0.2, 0.25) is 21.8 Å². The Morgan fingerprint density at radius 2 is 1.26 bits per heavy atom. The summed E-state index contributed by atoms with van der Waals surface area (Å²) in [6.07, 6.45) is -4.34. The van der Waals surface area contributed by atoms with Crippen molar-refractivity contribution >= 4 is 61.7 Å². The lowest BCUT2D eigenvalue weighted by Gasteiger charge is -2.33. The molecule has 3 N–H and O–H groups in total. The molecule has 1 atom stereocenters. The number of carbonyl (C=O) groups is 3. The molecule has 93 heavy (non-hydrogen) atoms. The number of H-pyrrole nitrogens is 1. The molecule has 0 saturated carbocycles. The summed E-state index contributed by atoms with van der Waals surface area (Å²) in [7, 11) is -7.62. The number of alkyl halides is 9. The van der Waals surface area contributed by atoms with E-state index in [0.717, 1.165) is 36.4 Å². The molecular weight excluding hydrogens is 1300 g/mol. The van der Waals surface area contributed by atoms with Crippen molar-refractivity contribution in [1.29, 1.82) is 0 Å². The summed E-state index contributed by atoms with van der Waals surface area (Å²) < 4.78 is 190. The molecule has 4 aromatic rings. The first-order valence-corrected chi connectivity index (χ1v) is 34.1. The van der Waals surface area contributed by atoms with Gasteiger partial charge >= 0.3 is 28.8 Å². The van der Waals surface area contributed by atoms with Crippen LogP contribution in [0.4, 0.5) is 39.5 Å². The molecule has 3 aromatic carbocycles. The summed E-state index contributed by atoms with van der Waals surface area (Å²) in [5, 5.41) is 11.9. The number of aromatic nitrogens is 2. The van der Waals surface area contributed by atoms with E-state index in [1.165, 1.54) is 45.6 Å². The first-order chi connectivity index (χ1) is 43.5. The van der Waals surface area contributed by atoms with Crippen molar-refractivity contribution in [3.8, 4) is 5.75 Å². The van der Waals surface area contributed by atoms with Gasteiger partial charge in [-0.05, 0) is 118 Å². The van der Waals surface area contributed by atoms with Crippen molar-refractivity contribution in [2.45, 2.75) is 116 Å². The van der Waals surface area contributed by atoms with Gasteiger partial charge in [0.05, 0.1) is 29.4 Å². The van der Waals surface area contributed by atoms with Gasteiger partial charge in [-0.25, -0.2) is 18.4 Å². The molecule has 0 spiro atoms. The highest BCUT2D eigenvalue weighted by atomic mass is 32.2. The summed E-state index contributed by atoms with van der Waals surface area (Å²) in [5.41, 5.74) is 1.05. The SMILES string of the molecule is C=C/C(=C(\C=C/C)C1CCN(C(=O)C(N=C)=NC(=C)C)CC1)C(F)(F)F.CC.CS(=O)(=O)N1CCc2[nH]nc(C(=O)N3CCC(c4ccccc4C(F)(F)F)CC3)c2C1.CS(=O)[O-].NS(=O)(=O)Oc1ccccc1CC(=O)N1CCC(c2ccccc2C(F)(F)F)CC1. The highest BCUT2D eigenvalue weighted by molar-refractivity contribution is 7.88. The average Bonchev–Trinajstić information content (AvgIpc) is 1.77. The number of fused-ring (bicyclic) bond motifs is 1. The largest absolute Gasteiger partial charge is 0.773 e. The molecule has 3 fully saturated rings. The Hall–Kier alpha value is -7.32. The van der Waals surface area contributed by atoms with Gasteiger partial charge in [0.15, 0.2) is 5.69 Å². The summed E-state index contributed by atoms with van der Waals surface area (Å²) in [6.45, 7) is 19.8. The molecule has 4 aliphatic rings. The topological polar surface area (TPSA) is 261 Å². The lowest BCUT2D eigenvalue weighted by Crippen LogP contribution is -2.42. The van der Waals surface area contributed by atoms with Gasteiger partial charge in [-0.3, -0.25) is 23.7 Å². The predicted octanol–water partition coefficient (Wildman–Crippen LogP) is 11.0. The Bertz CT molecular complexity index is 3600. The maximum atomic E-state index is 13.3. The Morgan fingerprint density at radius 1 is 0.785 bits per heavy atom. The smallest absolute Gasteiger partial charge is 0.416 e. The molecular formula is C62H77F9N9O10S3-. The number of likely N-dealkylation sites (tertiary alicyclic amines) is 3. The van der Waals surface area contributed by atoms with Crippen LogP contribution in [0.5, 0.6) is 5.75 Å². The lowest BCUT2D eigenvalue weighted by atomic mass is 9.85. The summed E-state index contributed by atoms with van der Waals surface area (Å²) in [6, 6.07) is 17.3. The molecule has 19 nitrogen and oxygen atoms in total. The van der Waals surface area contributed by atoms with E-state index >= 15 is 0 Å². The second kappa shape index (κ2) is 34.7. The van der Waals surface area contributed by atoms with Crippen molar-refractivity contribution in [3.05, 3.63) is 166 Å². The minimum atomic E-state index is -4.46. The minimum Gasteiger partial charge on any atom is -0.773 e. The number of nitrogens with zero attached hydrogens (tertiary/aromatic N) is 7.